The summed E-state index contributed by atoms with van der Waals surface area (Å²) in [7, 11) is -1.44. The van der Waals surface area contributed by atoms with E-state index in [4.69, 9.17) is 10.5 Å². The summed E-state index contributed by atoms with van der Waals surface area (Å²) >= 11 is 0. The number of ether oxygens (including phenoxy) is 1. The van der Waals surface area contributed by atoms with Crippen LogP contribution in [0.4, 0.5) is 8.78 Å². The molecule has 0 spiro atoms. The average molecular weight is 311 g/mol. The third kappa shape index (κ3) is 4.34. The molecule has 1 unspecified atom stereocenters. The first-order valence-corrected chi connectivity index (χ1v) is 7.67. The highest BCUT2D eigenvalue weighted by atomic mass is 32.2. The fourth-order valence-electron chi connectivity index (χ4n) is 1.73. The van der Waals surface area contributed by atoms with Crippen molar-refractivity contribution in [3.8, 4) is 5.75 Å². The number of halogens is 2. The molecule has 3 nitrogen and oxygen atoms in total. The van der Waals surface area contributed by atoms with E-state index in [1.807, 2.05) is 12.1 Å². The Balaban J connectivity index is 1.90. The Labute approximate surface area is 124 Å². The SMILES string of the molecule is NCc1cccc(OCCS(=O)c2ccc(F)c(F)c2)c1. The number of hydrogen-bond acceptors (Lipinski definition) is 3. The van der Waals surface area contributed by atoms with Crippen molar-refractivity contribution in [1.29, 1.82) is 0 Å². The summed E-state index contributed by atoms with van der Waals surface area (Å²) in [5.74, 6) is -1.12. The minimum absolute atomic E-state index is 0.192. The maximum absolute atomic E-state index is 13.1. The summed E-state index contributed by atoms with van der Waals surface area (Å²) in [5.41, 5.74) is 6.47. The molecular formula is C15H15F2NO2S. The minimum Gasteiger partial charge on any atom is -0.493 e. The van der Waals surface area contributed by atoms with Crippen LogP contribution in [0.25, 0.3) is 0 Å². The van der Waals surface area contributed by atoms with Crippen molar-refractivity contribution in [2.75, 3.05) is 12.4 Å². The Kier molecular flexibility index (Phi) is 5.41. The first kappa shape index (κ1) is 15.6. The molecule has 1 atom stereocenters. The Morgan fingerprint density at radius 3 is 2.62 bits per heavy atom. The van der Waals surface area contributed by atoms with Crippen LogP contribution < -0.4 is 10.5 Å². The molecule has 0 fully saturated rings. The van der Waals surface area contributed by atoms with Crippen molar-refractivity contribution in [2.24, 2.45) is 5.73 Å². The zero-order chi connectivity index (χ0) is 15.2. The predicted octanol–water partition coefficient (Wildman–Crippen LogP) is 2.61. The molecule has 0 aliphatic heterocycles. The van der Waals surface area contributed by atoms with Gasteiger partial charge < -0.3 is 10.5 Å². The molecule has 0 bridgehead atoms. The maximum atomic E-state index is 13.1. The van der Waals surface area contributed by atoms with Gasteiger partial charge in [-0.3, -0.25) is 4.21 Å². The lowest BCUT2D eigenvalue weighted by atomic mass is 10.2. The Hall–Kier alpha value is -1.79. The van der Waals surface area contributed by atoms with E-state index in [-0.39, 0.29) is 17.3 Å². The molecule has 2 aromatic rings. The van der Waals surface area contributed by atoms with Gasteiger partial charge in [-0.05, 0) is 35.9 Å². The van der Waals surface area contributed by atoms with E-state index < -0.39 is 22.4 Å². The van der Waals surface area contributed by atoms with E-state index >= 15 is 0 Å². The van der Waals surface area contributed by atoms with E-state index in [1.165, 1.54) is 6.07 Å². The van der Waals surface area contributed by atoms with Gasteiger partial charge in [0, 0.05) is 11.4 Å². The Bertz CT molecular complexity index is 649. The normalized spacial score (nSPS) is 12.1. The molecule has 0 aliphatic carbocycles. The first-order chi connectivity index (χ1) is 10.1. The van der Waals surface area contributed by atoms with Crippen molar-refractivity contribution >= 4 is 10.8 Å². The molecule has 21 heavy (non-hydrogen) atoms. The lowest BCUT2D eigenvalue weighted by molar-refractivity contribution is 0.342. The quantitative estimate of drug-likeness (QED) is 0.892. The van der Waals surface area contributed by atoms with Crippen molar-refractivity contribution in [3.63, 3.8) is 0 Å². The topological polar surface area (TPSA) is 52.3 Å². The smallest absolute Gasteiger partial charge is 0.160 e. The zero-order valence-electron chi connectivity index (χ0n) is 11.2. The summed E-state index contributed by atoms with van der Waals surface area (Å²) in [5, 5.41) is 0. The Morgan fingerprint density at radius 2 is 1.90 bits per heavy atom. The lowest BCUT2D eigenvalue weighted by Crippen LogP contribution is -2.09. The molecule has 0 saturated carbocycles. The highest BCUT2D eigenvalue weighted by Gasteiger charge is 2.08. The fourth-order valence-corrected chi connectivity index (χ4v) is 2.66. The molecule has 2 rings (SSSR count). The van der Waals surface area contributed by atoms with Crippen LogP contribution in [-0.2, 0) is 17.3 Å². The molecule has 0 saturated heterocycles. The first-order valence-electron chi connectivity index (χ1n) is 6.35. The second-order valence-corrected chi connectivity index (χ2v) is 5.90. The second-order valence-electron chi connectivity index (χ2n) is 4.33. The predicted molar refractivity (Wildman–Crippen MR) is 77.5 cm³/mol. The number of hydrogen-bond donors (Lipinski definition) is 1. The highest BCUT2D eigenvalue weighted by molar-refractivity contribution is 7.85. The number of rotatable bonds is 6. The Morgan fingerprint density at radius 1 is 1.10 bits per heavy atom. The zero-order valence-corrected chi connectivity index (χ0v) is 12.0. The van der Waals surface area contributed by atoms with Gasteiger partial charge in [-0.2, -0.15) is 0 Å². The molecule has 0 heterocycles. The van der Waals surface area contributed by atoms with E-state index in [2.05, 4.69) is 0 Å². The number of nitrogens with two attached hydrogens (primary N) is 1. The van der Waals surface area contributed by atoms with E-state index in [0.29, 0.717) is 12.3 Å². The van der Waals surface area contributed by atoms with Gasteiger partial charge >= 0.3 is 0 Å². The molecule has 0 aromatic heterocycles. The summed E-state index contributed by atoms with van der Waals surface area (Å²) in [6.45, 7) is 0.623. The van der Waals surface area contributed by atoms with Crippen molar-refractivity contribution in [1.82, 2.24) is 0 Å². The van der Waals surface area contributed by atoms with Gasteiger partial charge in [-0.15, -0.1) is 0 Å². The minimum atomic E-state index is -1.44. The van der Waals surface area contributed by atoms with Crippen molar-refractivity contribution in [2.45, 2.75) is 11.4 Å². The summed E-state index contributed by atoms with van der Waals surface area (Å²) in [4.78, 5) is 0.244. The van der Waals surface area contributed by atoms with Gasteiger partial charge in [-0.1, -0.05) is 12.1 Å². The largest absolute Gasteiger partial charge is 0.493 e. The van der Waals surface area contributed by atoms with Crippen LogP contribution in [0.2, 0.25) is 0 Å². The molecule has 0 radical (unpaired) electrons. The summed E-state index contributed by atoms with van der Waals surface area (Å²) < 4.78 is 43.3. The fraction of sp³-hybridized carbons (Fsp3) is 0.200. The van der Waals surface area contributed by atoms with Crippen molar-refractivity contribution in [3.05, 3.63) is 59.7 Å². The molecule has 2 N–H and O–H groups in total. The summed E-state index contributed by atoms with van der Waals surface area (Å²) in [6.07, 6.45) is 0. The molecule has 0 amide bonds. The molecule has 2 aromatic carbocycles. The van der Waals surface area contributed by atoms with Crippen LogP contribution in [0.3, 0.4) is 0 Å². The van der Waals surface area contributed by atoms with E-state index in [9.17, 15) is 13.0 Å². The van der Waals surface area contributed by atoms with Crippen LogP contribution in [0, 0.1) is 11.6 Å². The number of benzene rings is 2. The molecular weight excluding hydrogens is 296 g/mol. The van der Waals surface area contributed by atoms with Crippen LogP contribution in [0.1, 0.15) is 5.56 Å². The standard InChI is InChI=1S/C15H15F2NO2S/c16-14-5-4-13(9-15(14)17)21(19)7-6-20-12-3-1-2-11(8-12)10-18/h1-5,8-9H,6-7,10,18H2. The average Bonchev–Trinajstić information content (AvgIpc) is 2.50. The van der Waals surface area contributed by atoms with E-state index in [0.717, 1.165) is 17.7 Å². The third-order valence-electron chi connectivity index (χ3n) is 2.83. The van der Waals surface area contributed by atoms with Crippen LogP contribution in [-0.4, -0.2) is 16.6 Å². The van der Waals surface area contributed by atoms with Gasteiger partial charge in [0.1, 0.15) is 12.4 Å². The van der Waals surface area contributed by atoms with E-state index in [1.54, 1.807) is 12.1 Å². The van der Waals surface area contributed by atoms with Crippen LogP contribution >= 0.6 is 0 Å². The summed E-state index contributed by atoms with van der Waals surface area (Å²) in [6, 6.07) is 10.5. The van der Waals surface area contributed by atoms with Crippen LogP contribution in [0.15, 0.2) is 47.4 Å². The molecule has 0 aliphatic rings. The lowest BCUT2D eigenvalue weighted by Gasteiger charge is -2.07. The monoisotopic (exact) mass is 311 g/mol. The molecule has 6 heteroatoms. The van der Waals surface area contributed by atoms with Crippen molar-refractivity contribution < 1.29 is 17.7 Å². The molecule has 112 valence electrons. The third-order valence-corrected chi connectivity index (χ3v) is 4.14. The van der Waals surface area contributed by atoms with Gasteiger partial charge in [0.25, 0.3) is 0 Å². The van der Waals surface area contributed by atoms with Gasteiger partial charge in [0.05, 0.1) is 16.6 Å². The van der Waals surface area contributed by atoms with Crippen LogP contribution in [0.5, 0.6) is 5.75 Å². The second kappa shape index (κ2) is 7.28. The van der Waals surface area contributed by atoms with Gasteiger partial charge in [0.2, 0.25) is 0 Å². The van der Waals surface area contributed by atoms with Gasteiger partial charge in [-0.25, -0.2) is 8.78 Å². The highest BCUT2D eigenvalue weighted by Crippen LogP contribution is 2.15. The maximum Gasteiger partial charge on any atom is 0.160 e. The van der Waals surface area contributed by atoms with Gasteiger partial charge in [0.15, 0.2) is 11.6 Å².